The fourth-order valence-corrected chi connectivity index (χ4v) is 2.23. The van der Waals surface area contributed by atoms with Crippen molar-refractivity contribution >= 4 is 0 Å². The van der Waals surface area contributed by atoms with E-state index in [0.717, 1.165) is 50.0 Å². The molecule has 0 aliphatic heterocycles. The van der Waals surface area contributed by atoms with Crippen molar-refractivity contribution in [3.05, 3.63) is 11.4 Å². The van der Waals surface area contributed by atoms with Crippen LogP contribution in [0, 0.1) is 0 Å². The molecule has 0 aliphatic carbocycles. The molecule has 0 radical (unpaired) electrons. The van der Waals surface area contributed by atoms with Gasteiger partial charge in [-0.25, -0.2) is 0 Å². The lowest BCUT2D eigenvalue weighted by atomic mass is 9.90. The summed E-state index contributed by atoms with van der Waals surface area (Å²) >= 11 is 0. The minimum atomic E-state index is -0.0602. The summed E-state index contributed by atoms with van der Waals surface area (Å²) in [4.78, 5) is 0. The fourth-order valence-electron chi connectivity index (χ4n) is 2.23. The molecule has 104 valence electrons. The summed E-state index contributed by atoms with van der Waals surface area (Å²) in [7, 11) is 0. The van der Waals surface area contributed by atoms with Gasteiger partial charge in [-0.2, -0.15) is 5.10 Å². The third-order valence-electron chi connectivity index (χ3n) is 3.20. The number of aromatic hydroxyl groups is 1. The smallest absolute Gasteiger partial charge is 0.160 e. The summed E-state index contributed by atoms with van der Waals surface area (Å²) in [5.41, 5.74) is 1.80. The predicted octanol–water partition coefficient (Wildman–Crippen LogP) is 4.03. The van der Waals surface area contributed by atoms with Gasteiger partial charge in [-0.3, -0.25) is 4.68 Å². The molecule has 0 aromatic carbocycles. The van der Waals surface area contributed by atoms with Crippen molar-refractivity contribution in [2.45, 2.75) is 78.7 Å². The summed E-state index contributed by atoms with van der Waals surface area (Å²) in [6.07, 6.45) is 5.35. The van der Waals surface area contributed by atoms with E-state index < -0.39 is 0 Å². The second-order valence-corrected chi connectivity index (χ2v) is 6.07. The Labute approximate surface area is 111 Å². The Morgan fingerprint density at radius 1 is 1.11 bits per heavy atom. The van der Waals surface area contributed by atoms with Crippen LogP contribution >= 0.6 is 0 Å². The summed E-state index contributed by atoms with van der Waals surface area (Å²) in [6.45, 7) is 11.7. The number of hydrogen-bond donors (Lipinski definition) is 1. The Balaban J connectivity index is 3.06. The minimum Gasteiger partial charge on any atom is -0.504 e. The maximum absolute atomic E-state index is 10.4. The van der Waals surface area contributed by atoms with Gasteiger partial charge < -0.3 is 5.11 Å². The SMILES string of the molecule is CCCCc1nn(CCCC)c(C(C)(C)C)c1O. The van der Waals surface area contributed by atoms with E-state index in [1.807, 2.05) is 4.68 Å². The largest absolute Gasteiger partial charge is 0.504 e. The van der Waals surface area contributed by atoms with Crippen LogP contribution in [0.5, 0.6) is 5.75 Å². The van der Waals surface area contributed by atoms with Crippen molar-refractivity contribution in [3.8, 4) is 5.75 Å². The van der Waals surface area contributed by atoms with E-state index in [9.17, 15) is 5.11 Å². The van der Waals surface area contributed by atoms with Gasteiger partial charge in [-0.15, -0.1) is 0 Å². The van der Waals surface area contributed by atoms with Crippen molar-refractivity contribution in [3.63, 3.8) is 0 Å². The zero-order chi connectivity index (χ0) is 13.8. The molecular formula is C15H28N2O. The second-order valence-electron chi connectivity index (χ2n) is 6.07. The van der Waals surface area contributed by atoms with Gasteiger partial charge in [0.2, 0.25) is 0 Å². The standard InChI is InChI=1S/C15H28N2O/c1-6-8-10-12-13(18)14(15(3,4)5)17(16-12)11-9-7-2/h18H,6-11H2,1-5H3. The van der Waals surface area contributed by atoms with Gasteiger partial charge in [-0.05, 0) is 19.3 Å². The predicted molar refractivity (Wildman–Crippen MR) is 76.1 cm³/mol. The molecule has 1 aromatic rings. The van der Waals surface area contributed by atoms with E-state index in [-0.39, 0.29) is 5.41 Å². The third kappa shape index (κ3) is 3.50. The lowest BCUT2D eigenvalue weighted by Crippen LogP contribution is -2.18. The first kappa shape index (κ1) is 15.1. The van der Waals surface area contributed by atoms with Gasteiger partial charge in [0.25, 0.3) is 0 Å². The number of hydrogen-bond acceptors (Lipinski definition) is 2. The molecule has 0 spiro atoms. The Bertz CT molecular complexity index is 375. The number of unbranched alkanes of at least 4 members (excludes halogenated alkanes) is 2. The van der Waals surface area contributed by atoms with Crippen molar-refractivity contribution in [2.24, 2.45) is 0 Å². The molecular weight excluding hydrogens is 224 g/mol. The Morgan fingerprint density at radius 3 is 2.22 bits per heavy atom. The highest BCUT2D eigenvalue weighted by molar-refractivity contribution is 5.37. The first-order valence-electron chi connectivity index (χ1n) is 7.20. The van der Waals surface area contributed by atoms with Crippen LogP contribution in [0.4, 0.5) is 0 Å². The molecule has 1 aromatic heterocycles. The van der Waals surface area contributed by atoms with Crippen LogP contribution < -0.4 is 0 Å². The maximum atomic E-state index is 10.4. The van der Waals surface area contributed by atoms with E-state index in [1.54, 1.807) is 0 Å². The zero-order valence-electron chi connectivity index (χ0n) is 12.6. The maximum Gasteiger partial charge on any atom is 0.160 e. The molecule has 3 heteroatoms. The van der Waals surface area contributed by atoms with Gasteiger partial charge >= 0.3 is 0 Å². The van der Waals surface area contributed by atoms with Crippen LogP contribution in [0.2, 0.25) is 0 Å². The highest BCUT2D eigenvalue weighted by Crippen LogP contribution is 2.34. The first-order chi connectivity index (χ1) is 8.41. The fraction of sp³-hybridized carbons (Fsp3) is 0.800. The lowest BCUT2D eigenvalue weighted by molar-refractivity contribution is 0.419. The molecule has 0 bridgehead atoms. The molecule has 0 unspecified atom stereocenters. The summed E-state index contributed by atoms with van der Waals surface area (Å²) < 4.78 is 2.02. The number of nitrogens with zero attached hydrogens (tertiary/aromatic N) is 2. The molecule has 0 saturated carbocycles. The third-order valence-corrected chi connectivity index (χ3v) is 3.20. The van der Waals surface area contributed by atoms with Gasteiger partial charge in [0.15, 0.2) is 5.75 Å². The van der Waals surface area contributed by atoms with Gasteiger partial charge in [0.1, 0.15) is 5.69 Å². The molecule has 0 saturated heterocycles. The summed E-state index contributed by atoms with van der Waals surface area (Å²) in [5, 5.41) is 15.0. The monoisotopic (exact) mass is 252 g/mol. The minimum absolute atomic E-state index is 0.0602. The van der Waals surface area contributed by atoms with Crippen molar-refractivity contribution in [2.75, 3.05) is 0 Å². The molecule has 18 heavy (non-hydrogen) atoms. The second kappa shape index (κ2) is 6.26. The highest BCUT2D eigenvalue weighted by Gasteiger charge is 2.26. The van der Waals surface area contributed by atoms with Crippen LogP contribution in [-0.2, 0) is 18.4 Å². The Morgan fingerprint density at radius 2 is 1.72 bits per heavy atom. The van der Waals surface area contributed by atoms with Crippen LogP contribution in [0.1, 0.15) is 71.7 Å². The normalized spacial score (nSPS) is 12.1. The van der Waals surface area contributed by atoms with Crippen LogP contribution in [0.3, 0.4) is 0 Å². The number of aromatic nitrogens is 2. The number of aryl methyl sites for hydroxylation is 2. The Kier molecular flexibility index (Phi) is 5.24. The molecule has 1 N–H and O–H groups in total. The topological polar surface area (TPSA) is 38.0 Å². The van der Waals surface area contributed by atoms with E-state index in [0.29, 0.717) is 5.75 Å². The first-order valence-corrected chi connectivity index (χ1v) is 7.20. The highest BCUT2D eigenvalue weighted by atomic mass is 16.3. The summed E-state index contributed by atoms with van der Waals surface area (Å²) in [5.74, 6) is 0.423. The van der Waals surface area contributed by atoms with Crippen LogP contribution in [-0.4, -0.2) is 14.9 Å². The molecule has 0 aliphatic rings. The van der Waals surface area contributed by atoms with Gasteiger partial charge in [0, 0.05) is 12.0 Å². The van der Waals surface area contributed by atoms with E-state index in [4.69, 9.17) is 0 Å². The molecule has 1 heterocycles. The molecule has 0 fully saturated rings. The lowest BCUT2D eigenvalue weighted by Gasteiger charge is -2.20. The molecule has 0 atom stereocenters. The van der Waals surface area contributed by atoms with E-state index >= 15 is 0 Å². The van der Waals surface area contributed by atoms with Crippen molar-refractivity contribution in [1.82, 2.24) is 9.78 Å². The molecule has 3 nitrogen and oxygen atoms in total. The van der Waals surface area contributed by atoms with Gasteiger partial charge in [-0.1, -0.05) is 47.5 Å². The van der Waals surface area contributed by atoms with Gasteiger partial charge in [0.05, 0.1) is 5.69 Å². The van der Waals surface area contributed by atoms with Crippen LogP contribution in [0.25, 0.3) is 0 Å². The van der Waals surface area contributed by atoms with Crippen molar-refractivity contribution in [1.29, 1.82) is 0 Å². The quantitative estimate of drug-likeness (QED) is 0.830. The average molecular weight is 252 g/mol. The molecule has 0 amide bonds. The van der Waals surface area contributed by atoms with E-state index in [2.05, 4.69) is 39.7 Å². The zero-order valence-corrected chi connectivity index (χ0v) is 12.6. The Hall–Kier alpha value is -0.990. The summed E-state index contributed by atoms with van der Waals surface area (Å²) in [6, 6.07) is 0. The van der Waals surface area contributed by atoms with E-state index in [1.165, 1.54) is 0 Å². The van der Waals surface area contributed by atoms with Crippen LogP contribution in [0.15, 0.2) is 0 Å². The molecule has 1 rings (SSSR count). The number of rotatable bonds is 6. The van der Waals surface area contributed by atoms with Crippen molar-refractivity contribution < 1.29 is 5.11 Å². The average Bonchev–Trinajstić information content (AvgIpc) is 2.60.